The second-order valence-electron chi connectivity index (χ2n) is 10.5. The summed E-state index contributed by atoms with van der Waals surface area (Å²) in [7, 11) is 1.76. The van der Waals surface area contributed by atoms with Gasteiger partial charge in [0.15, 0.2) is 5.82 Å². The van der Waals surface area contributed by atoms with Crippen LogP contribution in [0.2, 0.25) is 0 Å². The number of fused-ring (bicyclic) bond motifs is 1. The smallest absolute Gasteiger partial charge is 0.296 e. The highest BCUT2D eigenvalue weighted by molar-refractivity contribution is 5.87. The van der Waals surface area contributed by atoms with Gasteiger partial charge in [0.2, 0.25) is 23.6 Å². The summed E-state index contributed by atoms with van der Waals surface area (Å²) < 4.78 is 41.0. The summed E-state index contributed by atoms with van der Waals surface area (Å²) >= 11 is 0. The maximum absolute atomic E-state index is 14.1. The molecule has 1 unspecified atom stereocenters. The SMILES string of the molecule is CN1CCC(C(=O)N2CC(COc3cc(-n4c(C(F)F)nc5ccccc54)nc(N4CCOCC4)n3)C2)CC1=O. The van der Waals surface area contributed by atoms with Gasteiger partial charge in [0.1, 0.15) is 5.82 Å². The van der Waals surface area contributed by atoms with E-state index in [2.05, 4.69) is 15.0 Å². The van der Waals surface area contributed by atoms with Gasteiger partial charge in [-0.3, -0.25) is 14.2 Å². The number of aromatic nitrogens is 4. The molecule has 3 saturated heterocycles. The Kier molecular flexibility index (Phi) is 7.22. The maximum atomic E-state index is 14.1. The summed E-state index contributed by atoms with van der Waals surface area (Å²) in [6.07, 6.45) is -1.88. The normalized spacial score (nSPS) is 20.4. The minimum atomic E-state index is -2.81. The van der Waals surface area contributed by atoms with Gasteiger partial charge in [0, 0.05) is 64.1 Å². The van der Waals surface area contributed by atoms with Crippen molar-refractivity contribution < 1.29 is 27.8 Å². The van der Waals surface area contributed by atoms with Gasteiger partial charge < -0.3 is 24.2 Å². The number of halogens is 2. The van der Waals surface area contributed by atoms with E-state index >= 15 is 0 Å². The number of amides is 2. The van der Waals surface area contributed by atoms with Crippen LogP contribution in [0.5, 0.6) is 5.88 Å². The lowest BCUT2D eigenvalue weighted by Crippen LogP contribution is -2.55. The second-order valence-corrected chi connectivity index (χ2v) is 10.5. The average Bonchev–Trinajstić information content (AvgIpc) is 3.34. The van der Waals surface area contributed by atoms with Crippen LogP contribution in [0.15, 0.2) is 30.3 Å². The number of alkyl halides is 2. The largest absolute Gasteiger partial charge is 0.477 e. The molecule has 0 bridgehead atoms. The third kappa shape index (κ3) is 5.17. The molecule has 3 aliphatic heterocycles. The van der Waals surface area contributed by atoms with Gasteiger partial charge in [-0.2, -0.15) is 9.97 Å². The number of likely N-dealkylation sites (tertiary alicyclic amines) is 2. The summed E-state index contributed by atoms with van der Waals surface area (Å²) in [5.41, 5.74) is 0.952. The first kappa shape index (κ1) is 26.4. The number of hydrogen-bond acceptors (Lipinski definition) is 8. The molecule has 1 aromatic carbocycles. The Morgan fingerprint density at radius 3 is 2.65 bits per heavy atom. The van der Waals surface area contributed by atoms with Crippen LogP contribution in [0.25, 0.3) is 16.9 Å². The first-order valence-electron chi connectivity index (χ1n) is 13.5. The zero-order valence-corrected chi connectivity index (χ0v) is 22.2. The number of hydrogen-bond donors (Lipinski definition) is 0. The highest BCUT2D eigenvalue weighted by Crippen LogP contribution is 2.30. The molecule has 2 amide bonds. The molecular weight excluding hydrogens is 524 g/mol. The van der Waals surface area contributed by atoms with Gasteiger partial charge in [-0.1, -0.05) is 12.1 Å². The van der Waals surface area contributed by atoms with Gasteiger partial charge in [-0.05, 0) is 18.6 Å². The van der Waals surface area contributed by atoms with E-state index in [1.54, 1.807) is 47.2 Å². The van der Waals surface area contributed by atoms with Crippen LogP contribution < -0.4 is 9.64 Å². The number of imidazole rings is 1. The fourth-order valence-electron chi connectivity index (χ4n) is 5.40. The van der Waals surface area contributed by atoms with Gasteiger partial charge in [-0.25, -0.2) is 13.8 Å². The van der Waals surface area contributed by atoms with E-state index in [1.165, 1.54) is 4.57 Å². The Morgan fingerprint density at radius 1 is 1.12 bits per heavy atom. The van der Waals surface area contributed by atoms with Gasteiger partial charge in [0.05, 0.1) is 30.9 Å². The third-order valence-corrected chi connectivity index (χ3v) is 7.73. The van der Waals surface area contributed by atoms with Crippen molar-refractivity contribution in [3.05, 3.63) is 36.2 Å². The Hall–Kier alpha value is -3.87. The molecule has 11 nitrogen and oxygen atoms in total. The van der Waals surface area contributed by atoms with Gasteiger partial charge >= 0.3 is 0 Å². The number of morpholine rings is 1. The zero-order chi connectivity index (χ0) is 27.8. The molecule has 40 heavy (non-hydrogen) atoms. The molecule has 0 aliphatic carbocycles. The summed E-state index contributed by atoms with van der Waals surface area (Å²) in [6.45, 7) is 4.12. The number of carbonyl (C=O) groups is 2. The molecule has 0 spiro atoms. The third-order valence-electron chi connectivity index (χ3n) is 7.73. The zero-order valence-electron chi connectivity index (χ0n) is 22.2. The van der Waals surface area contributed by atoms with E-state index in [0.29, 0.717) is 75.9 Å². The highest BCUT2D eigenvalue weighted by Gasteiger charge is 2.37. The molecule has 0 saturated carbocycles. The maximum Gasteiger partial charge on any atom is 0.296 e. The van der Waals surface area contributed by atoms with Crippen molar-refractivity contribution >= 4 is 28.8 Å². The van der Waals surface area contributed by atoms with E-state index in [9.17, 15) is 18.4 Å². The van der Waals surface area contributed by atoms with Crippen LogP contribution in [0.3, 0.4) is 0 Å². The van der Waals surface area contributed by atoms with Crippen molar-refractivity contribution in [2.75, 3.05) is 64.5 Å². The molecule has 0 radical (unpaired) electrons. The topological polar surface area (TPSA) is 106 Å². The first-order valence-corrected chi connectivity index (χ1v) is 13.5. The predicted octanol–water partition coefficient (Wildman–Crippen LogP) is 2.30. The summed E-state index contributed by atoms with van der Waals surface area (Å²) in [6, 6.07) is 8.48. The van der Waals surface area contributed by atoms with Gasteiger partial charge in [-0.15, -0.1) is 0 Å². The lowest BCUT2D eigenvalue weighted by atomic mass is 9.91. The predicted molar refractivity (Wildman–Crippen MR) is 141 cm³/mol. The molecule has 13 heteroatoms. The summed E-state index contributed by atoms with van der Waals surface area (Å²) in [4.78, 5) is 43.6. The quantitative estimate of drug-likeness (QED) is 0.437. The monoisotopic (exact) mass is 555 g/mol. The molecule has 2 aromatic heterocycles. The average molecular weight is 556 g/mol. The van der Waals surface area contributed by atoms with Crippen molar-refractivity contribution in [3.8, 4) is 11.7 Å². The molecule has 0 N–H and O–H groups in total. The van der Waals surface area contributed by atoms with Crippen LogP contribution in [-0.4, -0.2) is 101 Å². The fourth-order valence-corrected chi connectivity index (χ4v) is 5.40. The fraction of sp³-hybridized carbons (Fsp3) is 0.519. The van der Waals surface area contributed by atoms with Crippen molar-refractivity contribution in [2.24, 2.45) is 11.8 Å². The number of nitrogens with zero attached hydrogens (tertiary/aromatic N) is 7. The number of carbonyl (C=O) groups excluding carboxylic acids is 2. The first-order chi connectivity index (χ1) is 19.4. The van der Waals surface area contributed by atoms with Crippen LogP contribution in [0.4, 0.5) is 14.7 Å². The van der Waals surface area contributed by atoms with Crippen molar-refractivity contribution in [3.63, 3.8) is 0 Å². The molecule has 3 fully saturated rings. The summed E-state index contributed by atoms with van der Waals surface area (Å²) in [5.74, 6) is 0.319. The standard InChI is InChI=1S/C27H31F2N7O4/c1-33-7-6-18(12-23(33)37)26(38)35-14-17(15-35)16-40-22-13-21(31-27(32-22)34-8-10-39-11-9-34)36-20-5-3-2-4-19(20)30-25(36)24(28)29/h2-5,13,17-18,24H,6-12,14-16H2,1H3. The second kappa shape index (κ2) is 11.0. The lowest BCUT2D eigenvalue weighted by Gasteiger charge is -2.41. The molecule has 3 aliphatic rings. The van der Waals surface area contributed by atoms with Crippen LogP contribution >= 0.6 is 0 Å². The summed E-state index contributed by atoms with van der Waals surface area (Å²) in [5, 5.41) is 0. The number of anilines is 1. The molecular formula is C27H31F2N7O4. The van der Waals surface area contributed by atoms with Crippen molar-refractivity contribution in [1.82, 2.24) is 29.3 Å². The number of rotatable bonds is 7. The van der Waals surface area contributed by atoms with E-state index in [-0.39, 0.29) is 41.8 Å². The Bertz CT molecular complexity index is 1400. The number of benzene rings is 1. The van der Waals surface area contributed by atoms with Crippen molar-refractivity contribution in [2.45, 2.75) is 19.3 Å². The molecule has 3 aromatic rings. The lowest BCUT2D eigenvalue weighted by molar-refractivity contribution is -0.149. The van der Waals surface area contributed by atoms with Gasteiger partial charge in [0.25, 0.3) is 6.43 Å². The highest BCUT2D eigenvalue weighted by atomic mass is 19.3. The van der Waals surface area contributed by atoms with E-state index in [0.717, 1.165) is 0 Å². The Morgan fingerprint density at radius 2 is 1.90 bits per heavy atom. The van der Waals surface area contributed by atoms with Crippen LogP contribution in [0.1, 0.15) is 25.1 Å². The molecule has 5 heterocycles. The molecule has 6 rings (SSSR count). The van der Waals surface area contributed by atoms with Crippen LogP contribution in [-0.2, 0) is 14.3 Å². The minimum Gasteiger partial charge on any atom is -0.477 e. The van der Waals surface area contributed by atoms with E-state index in [1.807, 2.05) is 4.90 Å². The minimum absolute atomic E-state index is 0.00122. The number of piperidine rings is 1. The van der Waals surface area contributed by atoms with E-state index in [4.69, 9.17) is 9.47 Å². The Labute approximate surface area is 229 Å². The van der Waals surface area contributed by atoms with Crippen molar-refractivity contribution in [1.29, 1.82) is 0 Å². The van der Waals surface area contributed by atoms with E-state index < -0.39 is 12.2 Å². The number of ether oxygens (including phenoxy) is 2. The molecule has 1 atom stereocenters. The Balaban J connectivity index is 1.20. The number of para-hydroxylation sites is 2. The van der Waals surface area contributed by atoms with Crippen LogP contribution in [0, 0.1) is 11.8 Å². The molecule has 212 valence electrons.